The van der Waals surface area contributed by atoms with Crippen molar-refractivity contribution in [2.45, 2.75) is 26.8 Å². The molecule has 1 aliphatic rings. The van der Waals surface area contributed by atoms with Crippen molar-refractivity contribution in [2.24, 2.45) is 0 Å². The number of hydrogen-bond acceptors (Lipinski definition) is 4. The molecular formula is C22H30N2O2. The molecule has 1 heterocycles. The van der Waals surface area contributed by atoms with Crippen LogP contribution in [-0.2, 0) is 0 Å². The highest BCUT2D eigenvalue weighted by Gasteiger charge is 2.26. The Hall–Kier alpha value is -2.04. The van der Waals surface area contributed by atoms with Crippen LogP contribution in [0.15, 0.2) is 42.5 Å². The molecule has 0 aliphatic carbocycles. The molecule has 2 aromatic carbocycles. The average Bonchev–Trinajstić information content (AvgIpc) is 2.67. The molecule has 1 fully saturated rings. The predicted octanol–water partition coefficient (Wildman–Crippen LogP) is 3.79. The second kappa shape index (κ2) is 9.06. The maximum absolute atomic E-state index is 5.88. The Bertz CT molecular complexity index is 711. The van der Waals surface area contributed by atoms with Crippen molar-refractivity contribution in [3.05, 3.63) is 59.2 Å². The fourth-order valence-corrected chi connectivity index (χ4v) is 3.66. The summed E-state index contributed by atoms with van der Waals surface area (Å²) >= 11 is 0. The summed E-state index contributed by atoms with van der Waals surface area (Å²) in [4.78, 5) is 2.56. The zero-order chi connectivity index (χ0) is 18.4. The van der Waals surface area contributed by atoms with Gasteiger partial charge in [-0.3, -0.25) is 4.90 Å². The first-order valence-electron chi connectivity index (χ1n) is 9.64. The molecule has 1 aliphatic heterocycles. The summed E-state index contributed by atoms with van der Waals surface area (Å²) in [5, 5.41) is 3.46. The molecule has 0 spiro atoms. The van der Waals surface area contributed by atoms with E-state index in [-0.39, 0.29) is 6.04 Å². The molecule has 0 saturated carbocycles. The summed E-state index contributed by atoms with van der Waals surface area (Å²) in [6.07, 6.45) is 0. The van der Waals surface area contributed by atoms with Crippen LogP contribution >= 0.6 is 0 Å². The second-order valence-electron chi connectivity index (χ2n) is 6.62. The van der Waals surface area contributed by atoms with E-state index in [0.29, 0.717) is 13.2 Å². The quantitative estimate of drug-likeness (QED) is 0.820. The van der Waals surface area contributed by atoms with Gasteiger partial charge in [-0.1, -0.05) is 30.3 Å². The Kier molecular flexibility index (Phi) is 6.53. The lowest BCUT2D eigenvalue weighted by molar-refractivity contribution is 0.197. The Morgan fingerprint density at radius 2 is 1.65 bits per heavy atom. The van der Waals surface area contributed by atoms with Gasteiger partial charge in [0.25, 0.3) is 0 Å². The van der Waals surface area contributed by atoms with Crippen LogP contribution in [0, 0.1) is 6.92 Å². The number of hydrogen-bond donors (Lipinski definition) is 1. The van der Waals surface area contributed by atoms with Gasteiger partial charge < -0.3 is 14.8 Å². The second-order valence-corrected chi connectivity index (χ2v) is 6.62. The normalized spacial score (nSPS) is 16.3. The predicted molar refractivity (Wildman–Crippen MR) is 106 cm³/mol. The third kappa shape index (κ3) is 4.19. The lowest BCUT2D eigenvalue weighted by Gasteiger charge is -2.36. The molecule has 1 N–H and O–H groups in total. The van der Waals surface area contributed by atoms with E-state index in [9.17, 15) is 0 Å². The van der Waals surface area contributed by atoms with Gasteiger partial charge in [0.1, 0.15) is 0 Å². The van der Waals surface area contributed by atoms with E-state index < -0.39 is 0 Å². The minimum atomic E-state index is 0.230. The fraction of sp³-hybridized carbons (Fsp3) is 0.455. The highest BCUT2D eigenvalue weighted by atomic mass is 16.5. The largest absolute Gasteiger partial charge is 0.490 e. The van der Waals surface area contributed by atoms with Crippen LogP contribution in [-0.4, -0.2) is 44.3 Å². The zero-order valence-corrected chi connectivity index (χ0v) is 16.1. The Labute approximate surface area is 157 Å². The molecule has 26 heavy (non-hydrogen) atoms. The topological polar surface area (TPSA) is 33.7 Å². The van der Waals surface area contributed by atoms with Crippen LogP contribution in [0.2, 0.25) is 0 Å². The monoisotopic (exact) mass is 354 g/mol. The molecule has 1 atom stereocenters. The minimum Gasteiger partial charge on any atom is -0.490 e. The molecule has 0 bridgehead atoms. The molecule has 140 valence electrons. The fourth-order valence-electron chi connectivity index (χ4n) is 3.66. The average molecular weight is 354 g/mol. The highest BCUT2D eigenvalue weighted by molar-refractivity contribution is 5.47. The van der Waals surface area contributed by atoms with Gasteiger partial charge in [0.2, 0.25) is 0 Å². The number of benzene rings is 2. The van der Waals surface area contributed by atoms with Gasteiger partial charge >= 0.3 is 0 Å². The molecule has 4 heteroatoms. The van der Waals surface area contributed by atoms with Crippen molar-refractivity contribution in [3.8, 4) is 11.5 Å². The summed E-state index contributed by atoms with van der Waals surface area (Å²) < 4.78 is 11.6. The van der Waals surface area contributed by atoms with Crippen molar-refractivity contribution in [1.29, 1.82) is 0 Å². The maximum Gasteiger partial charge on any atom is 0.161 e. The van der Waals surface area contributed by atoms with Gasteiger partial charge in [-0.2, -0.15) is 0 Å². The van der Waals surface area contributed by atoms with E-state index in [4.69, 9.17) is 9.47 Å². The lowest BCUT2D eigenvalue weighted by Crippen LogP contribution is -2.45. The van der Waals surface area contributed by atoms with Gasteiger partial charge in [0, 0.05) is 26.2 Å². The lowest BCUT2D eigenvalue weighted by atomic mass is 9.93. The van der Waals surface area contributed by atoms with Crippen molar-refractivity contribution in [3.63, 3.8) is 0 Å². The first-order valence-corrected chi connectivity index (χ1v) is 9.64. The number of aryl methyl sites for hydroxylation is 1. The summed E-state index contributed by atoms with van der Waals surface area (Å²) in [7, 11) is 0. The van der Waals surface area contributed by atoms with Crippen LogP contribution in [0.5, 0.6) is 11.5 Å². The molecule has 0 aromatic heterocycles. The van der Waals surface area contributed by atoms with Crippen molar-refractivity contribution in [2.75, 3.05) is 39.4 Å². The Morgan fingerprint density at radius 1 is 0.962 bits per heavy atom. The highest BCUT2D eigenvalue weighted by Crippen LogP contribution is 2.36. The minimum absolute atomic E-state index is 0.230. The summed E-state index contributed by atoms with van der Waals surface area (Å²) in [5.74, 6) is 1.66. The number of nitrogens with one attached hydrogen (secondary N) is 1. The van der Waals surface area contributed by atoms with Crippen molar-refractivity contribution in [1.82, 2.24) is 10.2 Å². The molecule has 4 nitrogen and oxygen atoms in total. The number of nitrogens with zero attached hydrogens (tertiary/aromatic N) is 1. The third-order valence-corrected chi connectivity index (χ3v) is 4.88. The molecule has 0 amide bonds. The molecule has 1 saturated heterocycles. The molecule has 0 radical (unpaired) electrons. The molecule has 3 rings (SSSR count). The first-order chi connectivity index (χ1) is 12.7. The van der Waals surface area contributed by atoms with E-state index in [0.717, 1.165) is 37.7 Å². The van der Waals surface area contributed by atoms with E-state index in [1.165, 1.54) is 16.7 Å². The van der Waals surface area contributed by atoms with E-state index in [1.807, 2.05) is 13.8 Å². The van der Waals surface area contributed by atoms with E-state index in [2.05, 4.69) is 59.6 Å². The van der Waals surface area contributed by atoms with Crippen LogP contribution in [0.3, 0.4) is 0 Å². The van der Waals surface area contributed by atoms with E-state index in [1.54, 1.807) is 0 Å². The van der Waals surface area contributed by atoms with Crippen molar-refractivity contribution < 1.29 is 9.47 Å². The van der Waals surface area contributed by atoms with Gasteiger partial charge in [-0.25, -0.2) is 0 Å². The summed E-state index contributed by atoms with van der Waals surface area (Å²) in [5.41, 5.74) is 3.94. The molecule has 1 unspecified atom stereocenters. The summed E-state index contributed by atoms with van der Waals surface area (Å²) in [6, 6.07) is 15.3. The smallest absolute Gasteiger partial charge is 0.161 e. The standard InChI is InChI=1S/C22H30N2O2/c1-4-25-20-11-10-18(16-21(20)26-5-2)22(24-14-12-23-13-15-24)19-9-7-6-8-17(19)3/h6-11,16,22-23H,4-5,12-15H2,1-3H3. The number of ether oxygens (including phenoxy) is 2. The molecule has 2 aromatic rings. The van der Waals surface area contributed by atoms with Crippen molar-refractivity contribution >= 4 is 0 Å². The van der Waals surface area contributed by atoms with Gasteiger partial charge in [0.15, 0.2) is 11.5 Å². The Balaban J connectivity index is 2.03. The number of rotatable bonds is 7. The van der Waals surface area contributed by atoms with Crippen LogP contribution in [0.4, 0.5) is 0 Å². The first kappa shape index (κ1) is 18.7. The van der Waals surface area contributed by atoms with Crippen LogP contribution < -0.4 is 14.8 Å². The summed E-state index contributed by atoms with van der Waals surface area (Å²) in [6.45, 7) is 11.6. The van der Waals surface area contributed by atoms with E-state index >= 15 is 0 Å². The van der Waals surface area contributed by atoms with Gasteiger partial charge in [0.05, 0.1) is 19.3 Å². The van der Waals surface area contributed by atoms with Gasteiger partial charge in [-0.05, 0) is 49.6 Å². The van der Waals surface area contributed by atoms with Gasteiger partial charge in [-0.15, -0.1) is 0 Å². The SMILES string of the molecule is CCOc1ccc(C(c2ccccc2C)N2CCNCC2)cc1OCC. The molecular weight excluding hydrogens is 324 g/mol. The maximum atomic E-state index is 5.88. The zero-order valence-electron chi connectivity index (χ0n) is 16.1. The Morgan fingerprint density at radius 3 is 2.35 bits per heavy atom. The number of piperazine rings is 1. The third-order valence-electron chi connectivity index (χ3n) is 4.88. The van der Waals surface area contributed by atoms with Crippen LogP contribution in [0.1, 0.15) is 36.6 Å². The van der Waals surface area contributed by atoms with Crippen LogP contribution in [0.25, 0.3) is 0 Å².